The third kappa shape index (κ3) is 6.33. The Balaban J connectivity index is 2.15. The third-order valence-corrected chi connectivity index (χ3v) is 3.22. The number of halogens is 1. The molecule has 0 atom stereocenters. The first-order valence-electron chi connectivity index (χ1n) is 6.22. The standard InChI is InChI=1S/C13H17BrN2O3/c14-10-6-5-9-15-12(10)13(19)16-8-4-2-1-3-7-11(17)18/h5-6,9H,1-4,7-8H2,(H,16,19)(H,17,18). The number of hydrogen-bond acceptors (Lipinski definition) is 3. The Labute approximate surface area is 120 Å². The number of carbonyl (C=O) groups excluding carboxylic acids is 1. The predicted molar refractivity (Wildman–Crippen MR) is 75.0 cm³/mol. The van der Waals surface area contributed by atoms with E-state index in [0.29, 0.717) is 23.1 Å². The number of pyridine rings is 1. The van der Waals surface area contributed by atoms with Gasteiger partial charge in [-0.2, -0.15) is 0 Å². The number of unbranched alkanes of at least 4 members (excludes halogenated alkanes) is 3. The molecule has 5 nitrogen and oxygen atoms in total. The summed E-state index contributed by atoms with van der Waals surface area (Å²) >= 11 is 3.27. The molecule has 1 amide bonds. The Kier molecular flexibility index (Phi) is 7.10. The number of carboxylic acid groups (broad SMARTS) is 1. The Morgan fingerprint density at radius 3 is 2.68 bits per heavy atom. The molecule has 6 heteroatoms. The van der Waals surface area contributed by atoms with Gasteiger partial charge in [-0.25, -0.2) is 4.98 Å². The molecule has 1 heterocycles. The van der Waals surface area contributed by atoms with Crippen LogP contribution < -0.4 is 5.32 Å². The molecule has 0 spiro atoms. The van der Waals surface area contributed by atoms with Crippen molar-refractivity contribution in [2.45, 2.75) is 32.1 Å². The van der Waals surface area contributed by atoms with Crippen LogP contribution in [0, 0.1) is 0 Å². The van der Waals surface area contributed by atoms with Crippen molar-refractivity contribution in [3.63, 3.8) is 0 Å². The lowest BCUT2D eigenvalue weighted by Gasteiger charge is -2.05. The molecule has 104 valence electrons. The molecule has 2 N–H and O–H groups in total. The molecule has 0 aliphatic heterocycles. The highest BCUT2D eigenvalue weighted by Gasteiger charge is 2.09. The van der Waals surface area contributed by atoms with Crippen molar-refractivity contribution >= 4 is 27.8 Å². The molecule has 0 aliphatic rings. The topological polar surface area (TPSA) is 79.3 Å². The maximum absolute atomic E-state index is 11.8. The summed E-state index contributed by atoms with van der Waals surface area (Å²) in [5.74, 6) is -0.952. The largest absolute Gasteiger partial charge is 0.481 e. The van der Waals surface area contributed by atoms with Gasteiger partial charge in [0.05, 0.1) is 0 Å². The zero-order chi connectivity index (χ0) is 14.1. The van der Waals surface area contributed by atoms with Crippen molar-refractivity contribution in [2.24, 2.45) is 0 Å². The molecule has 0 fully saturated rings. The van der Waals surface area contributed by atoms with Gasteiger partial charge < -0.3 is 10.4 Å². The monoisotopic (exact) mass is 328 g/mol. The molecule has 1 aromatic rings. The number of aromatic nitrogens is 1. The van der Waals surface area contributed by atoms with Gasteiger partial charge >= 0.3 is 5.97 Å². The van der Waals surface area contributed by atoms with Crippen LogP contribution in [0.25, 0.3) is 0 Å². The van der Waals surface area contributed by atoms with Gasteiger partial charge in [-0.15, -0.1) is 0 Å². The maximum atomic E-state index is 11.8. The lowest BCUT2D eigenvalue weighted by molar-refractivity contribution is -0.137. The van der Waals surface area contributed by atoms with Crippen molar-refractivity contribution < 1.29 is 14.7 Å². The summed E-state index contributed by atoms with van der Waals surface area (Å²) in [6, 6.07) is 3.52. The molecule has 1 rings (SSSR count). The summed E-state index contributed by atoms with van der Waals surface area (Å²) in [6.07, 6.45) is 5.11. The van der Waals surface area contributed by atoms with Crippen LogP contribution in [-0.2, 0) is 4.79 Å². The molecular weight excluding hydrogens is 312 g/mol. The fraction of sp³-hybridized carbons (Fsp3) is 0.462. The minimum absolute atomic E-state index is 0.196. The van der Waals surface area contributed by atoms with E-state index in [1.807, 2.05) is 0 Å². The van der Waals surface area contributed by atoms with E-state index in [1.54, 1.807) is 18.3 Å². The van der Waals surface area contributed by atoms with Gasteiger partial charge in [0.25, 0.3) is 5.91 Å². The number of nitrogens with one attached hydrogen (secondary N) is 1. The van der Waals surface area contributed by atoms with Crippen LogP contribution in [0.3, 0.4) is 0 Å². The van der Waals surface area contributed by atoms with Gasteiger partial charge in [0.1, 0.15) is 5.69 Å². The Hall–Kier alpha value is -1.43. The van der Waals surface area contributed by atoms with Crippen LogP contribution in [0.5, 0.6) is 0 Å². The van der Waals surface area contributed by atoms with Gasteiger partial charge in [0.2, 0.25) is 0 Å². The number of rotatable bonds is 8. The molecule has 19 heavy (non-hydrogen) atoms. The lowest BCUT2D eigenvalue weighted by atomic mass is 10.1. The van der Waals surface area contributed by atoms with Crippen molar-refractivity contribution in [3.8, 4) is 0 Å². The number of carboxylic acids is 1. The molecule has 0 unspecified atom stereocenters. The minimum atomic E-state index is -0.756. The van der Waals surface area contributed by atoms with Gasteiger partial charge in [-0.1, -0.05) is 12.8 Å². The zero-order valence-electron chi connectivity index (χ0n) is 10.6. The third-order valence-electron chi connectivity index (χ3n) is 2.58. The number of hydrogen-bond donors (Lipinski definition) is 2. The van der Waals surface area contributed by atoms with Gasteiger partial charge in [-0.3, -0.25) is 9.59 Å². The van der Waals surface area contributed by atoms with E-state index in [0.717, 1.165) is 19.3 Å². The van der Waals surface area contributed by atoms with Crippen molar-refractivity contribution in [2.75, 3.05) is 6.54 Å². The normalized spacial score (nSPS) is 10.2. The molecule has 0 saturated heterocycles. The highest BCUT2D eigenvalue weighted by molar-refractivity contribution is 9.10. The molecule has 1 aromatic heterocycles. The van der Waals surface area contributed by atoms with E-state index in [-0.39, 0.29) is 12.3 Å². The van der Waals surface area contributed by atoms with Gasteiger partial charge in [0.15, 0.2) is 0 Å². The number of carbonyl (C=O) groups is 2. The van der Waals surface area contributed by atoms with Gasteiger partial charge in [0, 0.05) is 23.6 Å². The summed E-state index contributed by atoms with van der Waals surface area (Å²) < 4.78 is 0.675. The predicted octanol–water partition coefficient (Wildman–Crippen LogP) is 2.61. The van der Waals surface area contributed by atoms with E-state index in [9.17, 15) is 9.59 Å². The quantitative estimate of drug-likeness (QED) is 0.719. The summed E-state index contributed by atoms with van der Waals surface area (Å²) in [6.45, 7) is 0.578. The van der Waals surface area contributed by atoms with E-state index >= 15 is 0 Å². The SMILES string of the molecule is O=C(O)CCCCCCNC(=O)c1ncccc1Br. The molecule has 0 bridgehead atoms. The van der Waals surface area contributed by atoms with Crippen LogP contribution in [-0.4, -0.2) is 28.5 Å². The van der Waals surface area contributed by atoms with Gasteiger partial charge in [-0.05, 0) is 40.9 Å². The molecule has 0 saturated carbocycles. The fourth-order valence-electron chi connectivity index (χ4n) is 1.59. The number of nitrogens with zero attached hydrogens (tertiary/aromatic N) is 1. The first-order chi connectivity index (χ1) is 9.11. The van der Waals surface area contributed by atoms with Crippen molar-refractivity contribution in [3.05, 3.63) is 28.5 Å². The smallest absolute Gasteiger partial charge is 0.303 e. The summed E-state index contributed by atoms with van der Waals surface area (Å²) in [5.41, 5.74) is 0.383. The van der Waals surface area contributed by atoms with Crippen LogP contribution in [0.15, 0.2) is 22.8 Å². The average Bonchev–Trinajstić information content (AvgIpc) is 2.37. The molecular formula is C13H17BrN2O3. The zero-order valence-corrected chi connectivity index (χ0v) is 12.1. The molecule has 0 aromatic carbocycles. The fourth-order valence-corrected chi connectivity index (χ4v) is 2.03. The number of aliphatic carboxylic acids is 1. The van der Waals surface area contributed by atoms with E-state index in [4.69, 9.17) is 5.11 Å². The summed E-state index contributed by atoms with van der Waals surface area (Å²) in [5, 5.41) is 11.3. The maximum Gasteiger partial charge on any atom is 0.303 e. The Morgan fingerprint density at radius 1 is 1.26 bits per heavy atom. The van der Waals surface area contributed by atoms with E-state index in [2.05, 4.69) is 26.2 Å². The summed E-state index contributed by atoms with van der Waals surface area (Å²) in [7, 11) is 0. The second kappa shape index (κ2) is 8.63. The highest BCUT2D eigenvalue weighted by atomic mass is 79.9. The van der Waals surface area contributed by atoms with Crippen LogP contribution in [0.2, 0.25) is 0 Å². The van der Waals surface area contributed by atoms with E-state index < -0.39 is 5.97 Å². The lowest BCUT2D eigenvalue weighted by Crippen LogP contribution is -2.25. The first-order valence-corrected chi connectivity index (χ1v) is 7.01. The second-order valence-electron chi connectivity index (χ2n) is 4.15. The number of amides is 1. The van der Waals surface area contributed by atoms with E-state index in [1.165, 1.54) is 0 Å². The summed E-state index contributed by atoms with van der Waals surface area (Å²) in [4.78, 5) is 26.1. The highest BCUT2D eigenvalue weighted by Crippen LogP contribution is 2.12. The van der Waals surface area contributed by atoms with Crippen LogP contribution in [0.4, 0.5) is 0 Å². The Bertz CT molecular complexity index is 438. The van der Waals surface area contributed by atoms with Crippen LogP contribution in [0.1, 0.15) is 42.6 Å². The average molecular weight is 329 g/mol. The molecule has 0 radical (unpaired) electrons. The second-order valence-corrected chi connectivity index (χ2v) is 5.00. The van der Waals surface area contributed by atoms with Crippen molar-refractivity contribution in [1.29, 1.82) is 0 Å². The molecule has 0 aliphatic carbocycles. The minimum Gasteiger partial charge on any atom is -0.481 e. The first kappa shape index (κ1) is 15.6. The Morgan fingerprint density at radius 2 is 2.00 bits per heavy atom. The van der Waals surface area contributed by atoms with Crippen LogP contribution >= 0.6 is 15.9 Å². The van der Waals surface area contributed by atoms with Crippen molar-refractivity contribution in [1.82, 2.24) is 10.3 Å².